The van der Waals surface area contributed by atoms with Crippen LogP contribution in [0.15, 0.2) is 30.5 Å². The highest BCUT2D eigenvalue weighted by atomic mass is 16.5. The van der Waals surface area contributed by atoms with Crippen LogP contribution in [0, 0.1) is 0 Å². The molecule has 1 aliphatic carbocycles. The van der Waals surface area contributed by atoms with Gasteiger partial charge >= 0.3 is 0 Å². The Balaban J connectivity index is 2.26. The summed E-state index contributed by atoms with van der Waals surface area (Å²) in [6, 6.07) is 7.15. The Labute approximate surface area is 133 Å². The van der Waals surface area contributed by atoms with Crippen LogP contribution in [-0.2, 0) is 0 Å². The first-order valence-corrected chi connectivity index (χ1v) is 7.15. The first kappa shape index (κ1) is 13.7. The van der Waals surface area contributed by atoms with E-state index in [1.54, 1.807) is 39.7 Å². The number of phenolic OH excluding ortho intramolecular Hbond substituents is 1. The van der Waals surface area contributed by atoms with Gasteiger partial charge in [0.1, 0.15) is 5.75 Å². The van der Waals surface area contributed by atoms with Crippen molar-refractivity contribution >= 4 is 10.8 Å². The van der Waals surface area contributed by atoms with Crippen molar-refractivity contribution in [2.45, 2.75) is 0 Å². The summed E-state index contributed by atoms with van der Waals surface area (Å²) >= 11 is 0. The van der Waals surface area contributed by atoms with Gasteiger partial charge in [0.25, 0.3) is 0 Å². The topological polar surface area (TPSA) is 60.8 Å². The molecule has 0 aliphatic heterocycles. The lowest BCUT2D eigenvalue weighted by Gasteiger charge is -2.17. The van der Waals surface area contributed by atoms with Crippen LogP contribution < -0.4 is 14.2 Å². The number of fused-ring (bicyclic) bond motifs is 3. The van der Waals surface area contributed by atoms with E-state index in [1.807, 2.05) is 12.1 Å². The van der Waals surface area contributed by atoms with Crippen LogP contribution in [0.1, 0.15) is 0 Å². The van der Waals surface area contributed by atoms with Crippen molar-refractivity contribution in [3.05, 3.63) is 30.5 Å². The van der Waals surface area contributed by atoms with E-state index in [4.69, 9.17) is 14.2 Å². The summed E-state index contributed by atoms with van der Waals surface area (Å²) in [7, 11) is 4.80. The Morgan fingerprint density at radius 1 is 0.870 bits per heavy atom. The molecule has 0 radical (unpaired) electrons. The standard InChI is InChI=1S/C18H15NO4/c1-21-16-11-6-7-19-15-12-8-9(20)4-5-10(12)14(13(11)15)17(22-2)18(16)23-3/h4-8,20H,1-3H3. The molecule has 23 heavy (non-hydrogen) atoms. The Morgan fingerprint density at radius 3 is 2.30 bits per heavy atom. The number of hydrogen-bond donors (Lipinski definition) is 1. The zero-order valence-electron chi connectivity index (χ0n) is 13.0. The van der Waals surface area contributed by atoms with Gasteiger partial charge in [0.2, 0.25) is 5.75 Å². The second kappa shape index (κ2) is 4.78. The Kier molecular flexibility index (Phi) is 2.84. The molecule has 0 unspecified atom stereocenters. The molecule has 2 aromatic carbocycles. The number of phenols is 1. The van der Waals surface area contributed by atoms with Gasteiger partial charge in [-0.2, -0.15) is 0 Å². The lowest BCUT2D eigenvalue weighted by molar-refractivity contribution is 0.328. The fraction of sp³-hybridized carbons (Fsp3) is 0.167. The van der Waals surface area contributed by atoms with E-state index in [1.165, 1.54) is 0 Å². The third-order valence-electron chi connectivity index (χ3n) is 4.23. The van der Waals surface area contributed by atoms with Crippen LogP contribution in [0.2, 0.25) is 0 Å². The summed E-state index contributed by atoms with van der Waals surface area (Å²) in [6.45, 7) is 0. The van der Waals surface area contributed by atoms with Crippen LogP contribution in [0.4, 0.5) is 0 Å². The third kappa shape index (κ3) is 1.64. The molecular weight excluding hydrogens is 294 g/mol. The van der Waals surface area contributed by atoms with E-state index >= 15 is 0 Å². The van der Waals surface area contributed by atoms with Crippen LogP contribution in [0.5, 0.6) is 23.0 Å². The first-order chi connectivity index (χ1) is 11.2. The molecule has 1 aromatic heterocycles. The number of pyridine rings is 1. The van der Waals surface area contributed by atoms with Crippen LogP contribution in [-0.4, -0.2) is 31.4 Å². The minimum absolute atomic E-state index is 0.202. The van der Waals surface area contributed by atoms with Crippen molar-refractivity contribution in [2.24, 2.45) is 0 Å². The molecule has 0 saturated heterocycles. The Hall–Kier alpha value is -2.95. The number of hydrogen-bond acceptors (Lipinski definition) is 5. The number of aromatic nitrogens is 1. The quantitative estimate of drug-likeness (QED) is 0.626. The molecule has 0 bridgehead atoms. The fourth-order valence-corrected chi connectivity index (χ4v) is 3.35. The van der Waals surface area contributed by atoms with Crippen molar-refractivity contribution in [3.8, 4) is 45.4 Å². The van der Waals surface area contributed by atoms with Gasteiger partial charge in [0.05, 0.1) is 27.0 Å². The molecule has 5 heteroatoms. The number of rotatable bonds is 3. The Bertz CT molecular complexity index is 950. The van der Waals surface area contributed by atoms with Crippen LogP contribution in [0.25, 0.3) is 33.2 Å². The Morgan fingerprint density at radius 2 is 1.61 bits per heavy atom. The second-order valence-corrected chi connectivity index (χ2v) is 5.29. The minimum atomic E-state index is 0.202. The van der Waals surface area contributed by atoms with Crippen molar-refractivity contribution in [1.29, 1.82) is 0 Å². The van der Waals surface area contributed by atoms with E-state index in [9.17, 15) is 5.11 Å². The van der Waals surface area contributed by atoms with Crippen LogP contribution in [0.3, 0.4) is 0 Å². The summed E-state index contributed by atoms with van der Waals surface area (Å²) < 4.78 is 16.8. The SMILES string of the molecule is COc1c(OC)c2c3c(nccc3c1OC)-c1cc(O)ccc1-2. The first-order valence-electron chi connectivity index (χ1n) is 7.15. The molecule has 3 aromatic rings. The predicted octanol–water partition coefficient (Wildman–Crippen LogP) is 3.61. The largest absolute Gasteiger partial charge is 0.508 e. The van der Waals surface area contributed by atoms with Gasteiger partial charge in [-0.15, -0.1) is 0 Å². The molecule has 0 spiro atoms. The van der Waals surface area contributed by atoms with E-state index < -0.39 is 0 Å². The molecule has 1 N–H and O–H groups in total. The number of methoxy groups -OCH3 is 3. The van der Waals surface area contributed by atoms with Crippen molar-refractivity contribution in [1.82, 2.24) is 4.98 Å². The maximum Gasteiger partial charge on any atom is 0.204 e. The summed E-state index contributed by atoms with van der Waals surface area (Å²) in [6.07, 6.45) is 1.73. The number of nitrogens with zero attached hydrogens (tertiary/aromatic N) is 1. The van der Waals surface area contributed by atoms with Crippen molar-refractivity contribution in [3.63, 3.8) is 0 Å². The van der Waals surface area contributed by atoms with Crippen molar-refractivity contribution in [2.75, 3.05) is 21.3 Å². The lowest BCUT2D eigenvalue weighted by atomic mass is 10.0. The minimum Gasteiger partial charge on any atom is -0.508 e. The summed E-state index contributed by atoms with van der Waals surface area (Å²) in [5, 5.41) is 11.7. The molecular formula is C18H15NO4. The zero-order chi connectivity index (χ0) is 16.1. The van der Waals surface area contributed by atoms with Gasteiger partial charge < -0.3 is 19.3 Å². The summed E-state index contributed by atoms with van der Waals surface area (Å²) in [5.74, 6) is 1.98. The fourth-order valence-electron chi connectivity index (χ4n) is 3.35. The van der Waals surface area contributed by atoms with Gasteiger partial charge in [0.15, 0.2) is 11.5 Å². The number of ether oxygens (including phenoxy) is 3. The molecule has 1 aliphatic rings. The van der Waals surface area contributed by atoms with Gasteiger partial charge in [-0.3, -0.25) is 4.98 Å². The molecule has 0 amide bonds. The zero-order valence-corrected chi connectivity index (χ0v) is 13.0. The van der Waals surface area contributed by atoms with Gasteiger partial charge in [-0.05, 0) is 29.8 Å². The van der Waals surface area contributed by atoms with E-state index in [-0.39, 0.29) is 5.75 Å². The van der Waals surface area contributed by atoms with Gasteiger partial charge in [-0.25, -0.2) is 0 Å². The molecule has 4 rings (SSSR count). The predicted molar refractivity (Wildman–Crippen MR) is 87.5 cm³/mol. The molecule has 5 nitrogen and oxygen atoms in total. The molecule has 0 fully saturated rings. The van der Waals surface area contributed by atoms with Gasteiger partial charge in [-0.1, -0.05) is 0 Å². The van der Waals surface area contributed by atoms with E-state index in [2.05, 4.69) is 4.98 Å². The highest BCUT2D eigenvalue weighted by Gasteiger charge is 2.31. The molecule has 0 atom stereocenters. The third-order valence-corrected chi connectivity index (χ3v) is 4.23. The maximum atomic E-state index is 9.85. The van der Waals surface area contributed by atoms with Gasteiger partial charge in [0, 0.05) is 28.1 Å². The van der Waals surface area contributed by atoms with E-state index in [0.717, 1.165) is 33.2 Å². The molecule has 116 valence electrons. The molecule has 1 heterocycles. The smallest absolute Gasteiger partial charge is 0.204 e. The molecule has 0 saturated carbocycles. The summed E-state index contributed by atoms with van der Waals surface area (Å²) in [5.41, 5.74) is 3.56. The van der Waals surface area contributed by atoms with Crippen molar-refractivity contribution < 1.29 is 19.3 Å². The second-order valence-electron chi connectivity index (χ2n) is 5.29. The maximum absolute atomic E-state index is 9.85. The van der Waals surface area contributed by atoms with E-state index in [0.29, 0.717) is 17.2 Å². The highest BCUT2D eigenvalue weighted by molar-refractivity contribution is 6.18. The number of aromatic hydroxyl groups is 1. The highest BCUT2D eigenvalue weighted by Crippen LogP contribution is 2.57. The summed E-state index contributed by atoms with van der Waals surface area (Å²) in [4.78, 5) is 4.50. The lowest BCUT2D eigenvalue weighted by Crippen LogP contribution is -1.98. The monoisotopic (exact) mass is 309 g/mol. The number of benzene rings is 2. The van der Waals surface area contributed by atoms with Crippen LogP contribution >= 0.6 is 0 Å². The normalized spacial score (nSPS) is 11.4. The average Bonchev–Trinajstić information content (AvgIpc) is 2.90. The average molecular weight is 309 g/mol.